The Morgan fingerprint density at radius 2 is 2.36 bits per heavy atom. The smallest absolute Gasteiger partial charge is 0.108 e. The molecular weight excluding hydrogens is 192 g/mol. The van der Waals surface area contributed by atoms with E-state index >= 15 is 0 Å². The highest BCUT2D eigenvalue weighted by Crippen LogP contribution is 2.48. The minimum absolute atomic E-state index is 0.492. The highest BCUT2D eigenvalue weighted by molar-refractivity contribution is 7.80. The Hall–Kier alpha value is -0.440. The maximum Gasteiger partial charge on any atom is 0.108 e. The molecule has 78 valence electrons. The molecule has 0 radical (unpaired) electrons. The summed E-state index contributed by atoms with van der Waals surface area (Å²) in [6.07, 6.45) is 8.95. The molecule has 3 heteroatoms. The van der Waals surface area contributed by atoms with Gasteiger partial charge < -0.3 is 4.57 Å². The van der Waals surface area contributed by atoms with E-state index in [0.717, 1.165) is 18.7 Å². The van der Waals surface area contributed by atoms with Crippen LogP contribution < -0.4 is 0 Å². The van der Waals surface area contributed by atoms with Crippen molar-refractivity contribution in [2.45, 2.75) is 39.2 Å². The summed E-state index contributed by atoms with van der Waals surface area (Å²) < 4.78 is 2.31. The average Bonchev–Trinajstić information content (AvgIpc) is 2.84. The lowest BCUT2D eigenvalue weighted by Gasteiger charge is -2.14. The van der Waals surface area contributed by atoms with Crippen molar-refractivity contribution in [1.82, 2.24) is 9.55 Å². The predicted octanol–water partition coefficient (Wildman–Crippen LogP) is 2.55. The molecule has 0 unspecified atom stereocenters. The van der Waals surface area contributed by atoms with Crippen molar-refractivity contribution in [3.63, 3.8) is 0 Å². The summed E-state index contributed by atoms with van der Waals surface area (Å²) in [5.74, 6) is 2.25. The van der Waals surface area contributed by atoms with Crippen molar-refractivity contribution in [2.24, 2.45) is 5.41 Å². The monoisotopic (exact) mass is 210 g/mol. The zero-order chi connectivity index (χ0) is 10.0. The van der Waals surface area contributed by atoms with Gasteiger partial charge in [-0.15, -0.1) is 0 Å². The maximum atomic E-state index is 4.43. The Balaban J connectivity index is 2.05. The maximum absolute atomic E-state index is 4.43. The lowest BCUT2D eigenvalue weighted by Crippen LogP contribution is -2.15. The van der Waals surface area contributed by atoms with Crippen LogP contribution in [0.25, 0.3) is 0 Å². The van der Waals surface area contributed by atoms with Gasteiger partial charge in [0.2, 0.25) is 0 Å². The number of aryl methyl sites for hydroxylation is 1. The molecule has 0 aliphatic heterocycles. The van der Waals surface area contributed by atoms with E-state index in [-0.39, 0.29) is 0 Å². The Morgan fingerprint density at radius 1 is 1.57 bits per heavy atom. The van der Waals surface area contributed by atoms with Crippen LogP contribution in [-0.2, 0) is 13.0 Å². The van der Waals surface area contributed by atoms with Crippen LogP contribution in [-0.4, -0.2) is 15.3 Å². The normalized spacial score (nSPS) is 18.4. The van der Waals surface area contributed by atoms with Crippen LogP contribution >= 0.6 is 12.6 Å². The zero-order valence-corrected chi connectivity index (χ0v) is 9.63. The lowest BCUT2D eigenvalue weighted by molar-refractivity contribution is 0.460. The van der Waals surface area contributed by atoms with E-state index in [4.69, 9.17) is 0 Å². The predicted molar refractivity (Wildman–Crippen MR) is 61.7 cm³/mol. The minimum atomic E-state index is 0.492. The molecule has 0 atom stereocenters. The third kappa shape index (κ3) is 1.97. The van der Waals surface area contributed by atoms with Gasteiger partial charge in [0.1, 0.15) is 5.82 Å². The summed E-state index contributed by atoms with van der Waals surface area (Å²) in [5, 5.41) is 0. The van der Waals surface area contributed by atoms with Crippen molar-refractivity contribution in [2.75, 3.05) is 5.75 Å². The van der Waals surface area contributed by atoms with Gasteiger partial charge in [-0.25, -0.2) is 4.98 Å². The van der Waals surface area contributed by atoms with Crippen LogP contribution in [0.4, 0.5) is 0 Å². The number of aromatic nitrogens is 2. The molecule has 2 nitrogen and oxygen atoms in total. The van der Waals surface area contributed by atoms with Crippen LogP contribution in [0.5, 0.6) is 0 Å². The molecular formula is C11H18N2S. The molecule has 0 aromatic carbocycles. The van der Waals surface area contributed by atoms with E-state index in [1.807, 2.05) is 6.20 Å². The molecule has 1 aliphatic carbocycles. The summed E-state index contributed by atoms with van der Waals surface area (Å²) in [6.45, 7) is 3.32. The Morgan fingerprint density at radius 3 is 2.93 bits per heavy atom. The first kappa shape index (κ1) is 10.1. The van der Waals surface area contributed by atoms with E-state index in [1.54, 1.807) is 0 Å². The molecule has 0 amide bonds. The molecule has 2 rings (SSSR count). The highest BCUT2D eigenvalue weighted by Gasteiger charge is 2.41. The Bertz CT molecular complexity index is 302. The first-order chi connectivity index (χ1) is 6.79. The van der Waals surface area contributed by atoms with Crippen molar-refractivity contribution < 1.29 is 0 Å². The zero-order valence-electron chi connectivity index (χ0n) is 8.74. The van der Waals surface area contributed by atoms with E-state index in [1.165, 1.54) is 25.1 Å². The van der Waals surface area contributed by atoms with Gasteiger partial charge in [0.25, 0.3) is 0 Å². The minimum Gasteiger partial charge on any atom is -0.334 e. The molecule has 14 heavy (non-hydrogen) atoms. The largest absolute Gasteiger partial charge is 0.334 e. The highest BCUT2D eigenvalue weighted by atomic mass is 32.1. The number of hydrogen-bond donors (Lipinski definition) is 1. The standard InChI is InChI=1S/C11H18N2S/c1-2-3-10-12-6-7-13(10)8-11(9-14)4-5-11/h6-7,14H,2-5,8-9H2,1H3. The first-order valence-electron chi connectivity index (χ1n) is 5.40. The number of thiol groups is 1. The summed E-state index contributed by atoms with van der Waals surface area (Å²) in [4.78, 5) is 4.39. The van der Waals surface area contributed by atoms with Gasteiger partial charge in [-0.2, -0.15) is 12.6 Å². The van der Waals surface area contributed by atoms with Crippen LogP contribution in [0.3, 0.4) is 0 Å². The quantitative estimate of drug-likeness (QED) is 0.739. The molecule has 1 aromatic rings. The van der Waals surface area contributed by atoms with E-state index < -0.39 is 0 Å². The van der Waals surface area contributed by atoms with E-state index in [0.29, 0.717) is 5.41 Å². The van der Waals surface area contributed by atoms with Gasteiger partial charge in [-0.3, -0.25) is 0 Å². The Labute approximate surface area is 91.1 Å². The van der Waals surface area contributed by atoms with Gasteiger partial charge in [0.05, 0.1) is 0 Å². The number of rotatable bonds is 5. The third-order valence-electron chi connectivity index (χ3n) is 3.07. The molecule has 0 saturated heterocycles. The molecule has 1 fully saturated rings. The number of nitrogens with zero attached hydrogens (tertiary/aromatic N) is 2. The fourth-order valence-corrected chi connectivity index (χ4v) is 2.26. The summed E-state index contributed by atoms with van der Waals surface area (Å²) >= 11 is 4.43. The number of hydrogen-bond acceptors (Lipinski definition) is 2. The molecule has 1 heterocycles. The summed E-state index contributed by atoms with van der Waals surface area (Å²) in [5.41, 5.74) is 0.492. The second-order valence-corrected chi connectivity index (χ2v) is 4.70. The van der Waals surface area contributed by atoms with Crippen molar-refractivity contribution in [1.29, 1.82) is 0 Å². The van der Waals surface area contributed by atoms with Gasteiger partial charge in [0, 0.05) is 25.4 Å². The first-order valence-corrected chi connectivity index (χ1v) is 6.04. The SMILES string of the molecule is CCCc1nccn1CC1(CS)CC1. The van der Waals surface area contributed by atoms with Crippen LogP contribution in [0.2, 0.25) is 0 Å². The van der Waals surface area contributed by atoms with Crippen molar-refractivity contribution in [3.05, 3.63) is 18.2 Å². The molecule has 0 bridgehead atoms. The van der Waals surface area contributed by atoms with Crippen molar-refractivity contribution in [3.8, 4) is 0 Å². The van der Waals surface area contributed by atoms with Gasteiger partial charge in [-0.05, 0) is 30.4 Å². The second kappa shape index (κ2) is 3.97. The van der Waals surface area contributed by atoms with Crippen LogP contribution in [0, 0.1) is 5.41 Å². The summed E-state index contributed by atoms with van der Waals surface area (Å²) in [6, 6.07) is 0. The average molecular weight is 210 g/mol. The van der Waals surface area contributed by atoms with Gasteiger partial charge in [-0.1, -0.05) is 6.92 Å². The van der Waals surface area contributed by atoms with E-state index in [2.05, 4.69) is 35.3 Å². The molecule has 0 N–H and O–H groups in total. The third-order valence-corrected chi connectivity index (χ3v) is 3.74. The van der Waals surface area contributed by atoms with Crippen molar-refractivity contribution >= 4 is 12.6 Å². The molecule has 1 saturated carbocycles. The lowest BCUT2D eigenvalue weighted by atomic mass is 10.1. The Kier molecular flexibility index (Phi) is 2.86. The van der Waals surface area contributed by atoms with E-state index in [9.17, 15) is 0 Å². The molecule has 1 aliphatic rings. The second-order valence-electron chi connectivity index (χ2n) is 4.38. The van der Waals surface area contributed by atoms with Crippen LogP contribution in [0.1, 0.15) is 32.0 Å². The molecule has 1 aromatic heterocycles. The molecule has 0 spiro atoms. The number of imidazole rings is 1. The summed E-state index contributed by atoms with van der Waals surface area (Å²) in [7, 11) is 0. The van der Waals surface area contributed by atoms with Crippen LogP contribution in [0.15, 0.2) is 12.4 Å². The topological polar surface area (TPSA) is 17.8 Å². The fraction of sp³-hybridized carbons (Fsp3) is 0.727. The van der Waals surface area contributed by atoms with Gasteiger partial charge in [0.15, 0.2) is 0 Å². The fourth-order valence-electron chi connectivity index (χ4n) is 1.84. The van der Waals surface area contributed by atoms with Gasteiger partial charge >= 0.3 is 0 Å².